The topological polar surface area (TPSA) is 42.7 Å². The van der Waals surface area contributed by atoms with Crippen LogP contribution in [0.25, 0.3) is 6.08 Å². The van der Waals surface area contributed by atoms with Crippen molar-refractivity contribution >= 4 is 6.08 Å². The maximum absolute atomic E-state index is 4.07. The van der Waals surface area contributed by atoms with Crippen molar-refractivity contribution in [3.8, 4) is 0 Å². The molecule has 0 saturated carbocycles. The van der Waals surface area contributed by atoms with Crippen LogP contribution in [-0.4, -0.2) is 27.6 Å². The van der Waals surface area contributed by atoms with E-state index in [1.165, 1.54) is 31.4 Å². The van der Waals surface area contributed by atoms with Crippen LogP contribution in [0, 0.1) is 0 Å². The molecule has 1 N–H and O–H groups in total. The van der Waals surface area contributed by atoms with Gasteiger partial charge >= 0.3 is 0 Å². The fraction of sp³-hybridized carbons (Fsp3) is 0.667. The van der Waals surface area contributed by atoms with Gasteiger partial charge in [0.2, 0.25) is 0 Å². The lowest BCUT2D eigenvalue weighted by Gasteiger charge is -2.23. The van der Waals surface area contributed by atoms with E-state index in [9.17, 15) is 0 Å². The van der Waals surface area contributed by atoms with E-state index >= 15 is 0 Å². The summed E-state index contributed by atoms with van der Waals surface area (Å²) in [6, 6.07) is 0.654. The number of hydrogen-bond donors (Lipinski definition) is 1. The molecule has 1 unspecified atom stereocenters. The molecule has 2 rings (SSSR count). The van der Waals surface area contributed by atoms with E-state index in [-0.39, 0.29) is 0 Å². The number of rotatable bonds is 3. The molecule has 0 bridgehead atoms. The number of piperidine rings is 1. The first kappa shape index (κ1) is 11.3. The van der Waals surface area contributed by atoms with Gasteiger partial charge < -0.3 is 5.32 Å². The Labute approximate surface area is 96.7 Å². The molecule has 88 valence electrons. The first-order valence-electron chi connectivity index (χ1n) is 6.01. The number of hydrogen-bond acceptors (Lipinski definition) is 3. The molecule has 1 fully saturated rings. The zero-order valence-corrected chi connectivity index (χ0v) is 10.1. The third-order valence-corrected chi connectivity index (χ3v) is 3.00. The summed E-state index contributed by atoms with van der Waals surface area (Å²) in [6.07, 6.45) is 9.17. The van der Waals surface area contributed by atoms with E-state index in [4.69, 9.17) is 0 Å². The predicted molar refractivity (Wildman–Crippen MR) is 64.9 cm³/mol. The van der Waals surface area contributed by atoms with Crippen LogP contribution in [0.3, 0.4) is 0 Å². The Hall–Kier alpha value is -1.16. The molecule has 4 heteroatoms. The molecule has 1 aliphatic rings. The Bertz CT molecular complexity index is 361. The first-order valence-corrected chi connectivity index (χ1v) is 6.01. The SMILES string of the molecule is CC(=Cc1cn(C)nn1)CC1CCCCN1. The van der Waals surface area contributed by atoms with Gasteiger partial charge in [-0.2, -0.15) is 0 Å². The minimum absolute atomic E-state index is 0.654. The highest BCUT2D eigenvalue weighted by atomic mass is 15.4. The zero-order chi connectivity index (χ0) is 11.4. The smallest absolute Gasteiger partial charge is 0.105 e. The fourth-order valence-corrected chi connectivity index (χ4v) is 2.23. The van der Waals surface area contributed by atoms with Crippen LogP contribution in [0.15, 0.2) is 11.8 Å². The molecule has 0 spiro atoms. The van der Waals surface area contributed by atoms with Gasteiger partial charge in [0, 0.05) is 13.1 Å². The van der Waals surface area contributed by atoms with Gasteiger partial charge in [-0.15, -0.1) is 5.10 Å². The highest BCUT2D eigenvalue weighted by molar-refractivity contribution is 5.46. The number of nitrogens with one attached hydrogen (secondary N) is 1. The normalized spacial score (nSPS) is 22.4. The average molecular weight is 220 g/mol. The van der Waals surface area contributed by atoms with Crippen LogP contribution < -0.4 is 5.32 Å². The minimum atomic E-state index is 0.654. The van der Waals surface area contributed by atoms with Crippen molar-refractivity contribution in [1.29, 1.82) is 0 Å². The number of aryl methyl sites for hydroxylation is 1. The van der Waals surface area contributed by atoms with Gasteiger partial charge in [-0.3, -0.25) is 4.68 Å². The van der Waals surface area contributed by atoms with Gasteiger partial charge in [-0.05, 0) is 38.8 Å². The maximum atomic E-state index is 4.07. The lowest BCUT2D eigenvalue weighted by molar-refractivity contribution is 0.399. The largest absolute Gasteiger partial charge is 0.314 e. The van der Waals surface area contributed by atoms with E-state index in [1.54, 1.807) is 4.68 Å². The molecule has 4 nitrogen and oxygen atoms in total. The van der Waals surface area contributed by atoms with Gasteiger partial charge in [0.25, 0.3) is 0 Å². The average Bonchev–Trinajstić information content (AvgIpc) is 2.65. The molecular formula is C12H20N4. The van der Waals surface area contributed by atoms with Crippen molar-refractivity contribution in [2.24, 2.45) is 7.05 Å². The summed E-state index contributed by atoms with van der Waals surface area (Å²) in [5.41, 5.74) is 2.33. The minimum Gasteiger partial charge on any atom is -0.314 e. The van der Waals surface area contributed by atoms with E-state index in [2.05, 4.69) is 28.6 Å². The molecule has 0 radical (unpaired) electrons. The fourth-order valence-electron chi connectivity index (χ4n) is 2.23. The Kier molecular flexibility index (Phi) is 3.72. The molecule has 1 atom stereocenters. The zero-order valence-electron chi connectivity index (χ0n) is 10.1. The molecule has 16 heavy (non-hydrogen) atoms. The molecule has 1 aromatic rings. The molecule has 1 saturated heterocycles. The number of nitrogens with zero attached hydrogens (tertiary/aromatic N) is 3. The van der Waals surface area contributed by atoms with Crippen molar-refractivity contribution in [3.63, 3.8) is 0 Å². The highest BCUT2D eigenvalue weighted by Crippen LogP contribution is 2.16. The third-order valence-electron chi connectivity index (χ3n) is 3.00. The van der Waals surface area contributed by atoms with E-state index in [0.717, 1.165) is 12.1 Å². The lowest BCUT2D eigenvalue weighted by atomic mass is 9.98. The maximum Gasteiger partial charge on any atom is 0.105 e. The monoisotopic (exact) mass is 220 g/mol. The van der Waals surface area contributed by atoms with Gasteiger partial charge in [-0.25, -0.2) is 0 Å². The molecule has 2 heterocycles. The lowest BCUT2D eigenvalue weighted by Crippen LogP contribution is -2.33. The predicted octanol–water partition coefficient (Wildman–Crippen LogP) is 1.75. The Morgan fingerprint density at radius 1 is 1.62 bits per heavy atom. The van der Waals surface area contributed by atoms with E-state index in [1.807, 2.05) is 13.2 Å². The van der Waals surface area contributed by atoms with Crippen LogP contribution in [0.4, 0.5) is 0 Å². The van der Waals surface area contributed by atoms with Crippen LogP contribution in [0.1, 0.15) is 38.3 Å². The molecule has 0 aromatic carbocycles. The van der Waals surface area contributed by atoms with Gasteiger partial charge in [0.15, 0.2) is 0 Å². The van der Waals surface area contributed by atoms with Crippen molar-refractivity contribution in [3.05, 3.63) is 17.5 Å². The quantitative estimate of drug-likeness (QED) is 0.844. The van der Waals surface area contributed by atoms with Crippen molar-refractivity contribution < 1.29 is 0 Å². The number of aromatic nitrogens is 3. The second kappa shape index (κ2) is 5.25. The molecule has 0 amide bonds. The van der Waals surface area contributed by atoms with E-state index < -0.39 is 0 Å². The summed E-state index contributed by atoms with van der Waals surface area (Å²) in [6.45, 7) is 3.34. The van der Waals surface area contributed by atoms with Gasteiger partial charge in [-0.1, -0.05) is 17.2 Å². The summed E-state index contributed by atoms with van der Waals surface area (Å²) >= 11 is 0. The molecule has 1 aromatic heterocycles. The second-order valence-corrected chi connectivity index (χ2v) is 4.66. The van der Waals surface area contributed by atoms with Crippen molar-refractivity contribution in [1.82, 2.24) is 20.3 Å². The van der Waals surface area contributed by atoms with Crippen molar-refractivity contribution in [2.75, 3.05) is 6.54 Å². The van der Waals surface area contributed by atoms with Crippen LogP contribution >= 0.6 is 0 Å². The van der Waals surface area contributed by atoms with Crippen LogP contribution in [0.5, 0.6) is 0 Å². The van der Waals surface area contributed by atoms with Gasteiger partial charge in [0.05, 0.1) is 6.20 Å². The summed E-state index contributed by atoms with van der Waals surface area (Å²) < 4.78 is 1.73. The van der Waals surface area contributed by atoms with E-state index in [0.29, 0.717) is 6.04 Å². The Morgan fingerprint density at radius 3 is 3.12 bits per heavy atom. The second-order valence-electron chi connectivity index (χ2n) is 4.66. The molecular weight excluding hydrogens is 200 g/mol. The molecule has 1 aliphatic heterocycles. The Balaban J connectivity index is 1.91. The standard InChI is InChI=1S/C12H20N4/c1-10(7-11-5-3-4-6-13-11)8-12-9-16(2)15-14-12/h8-9,11,13H,3-7H2,1-2H3. The Morgan fingerprint density at radius 2 is 2.50 bits per heavy atom. The van der Waals surface area contributed by atoms with Crippen molar-refractivity contribution in [2.45, 2.75) is 38.6 Å². The summed E-state index contributed by atoms with van der Waals surface area (Å²) in [4.78, 5) is 0. The first-order chi connectivity index (χ1) is 7.74. The summed E-state index contributed by atoms with van der Waals surface area (Å²) in [5.74, 6) is 0. The highest BCUT2D eigenvalue weighted by Gasteiger charge is 2.12. The molecule has 0 aliphatic carbocycles. The van der Waals surface area contributed by atoms with Crippen LogP contribution in [0.2, 0.25) is 0 Å². The third kappa shape index (κ3) is 3.17. The van der Waals surface area contributed by atoms with Gasteiger partial charge in [0.1, 0.15) is 5.69 Å². The van der Waals surface area contributed by atoms with Crippen LogP contribution in [-0.2, 0) is 7.05 Å². The summed E-state index contributed by atoms with van der Waals surface area (Å²) in [5, 5.41) is 11.5. The summed E-state index contributed by atoms with van der Waals surface area (Å²) in [7, 11) is 1.89.